The fraction of sp³-hybridized carbons (Fsp3) is 0.258. The maximum atomic E-state index is 14.0. The number of rotatable bonds is 6. The second kappa shape index (κ2) is 11.2. The number of carbonyl (C=O) groups excluding carboxylic acids is 1. The van der Waals surface area contributed by atoms with E-state index in [1.165, 1.54) is 11.3 Å². The number of benzene rings is 2. The van der Waals surface area contributed by atoms with Crippen LogP contribution in [0.2, 0.25) is 10.0 Å². The van der Waals surface area contributed by atoms with Crippen LogP contribution < -0.4 is 14.9 Å². The van der Waals surface area contributed by atoms with Crippen molar-refractivity contribution < 1.29 is 4.79 Å². The van der Waals surface area contributed by atoms with Crippen LogP contribution in [0.3, 0.4) is 0 Å². The molecule has 3 heterocycles. The van der Waals surface area contributed by atoms with E-state index in [4.69, 9.17) is 28.2 Å². The van der Waals surface area contributed by atoms with Crippen molar-refractivity contribution in [2.24, 2.45) is 4.99 Å². The molecule has 9 heteroatoms. The van der Waals surface area contributed by atoms with Crippen LogP contribution in [0.15, 0.2) is 75.7 Å². The third-order valence-electron chi connectivity index (χ3n) is 7.33. The summed E-state index contributed by atoms with van der Waals surface area (Å²) in [5.41, 5.74) is 5.74. The lowest BCUT2D eigenvalue weighted by atomic mass is 9.94. The van der Waals surface area contributed by atoms with Crippen molar-refractivity contribution in [2.45, 2.75) is 40.7 Å². The topological polar surface area (TPSA) is 59.6 Å². The van der Waals surface area contributed by atoms with Gasteiger partial charge in [-0.3, -0.25) is 14.2 Å². The molecule has 1 atom stereocenters. The van der Waals surface area contributed by atoms with Gasteiger partial charge in [0.15, 0.2) is 4.80 Å². The van der Waals surface area contributed by atoms with Crippen LogP contribution >= 0.6 is 34.5 Å². The number of nitrogens with zero attached hydrogens (tertiary/aromatic N) is 4. The Morgan fingerprint density at radius 2 is 1.60 bits per heavy atom. The molecule has 206 valence electrons. The summed E-state index contributed by atoms with van der Waals surface area (Å²) in [6.45, 7) is 10.9. The Morgan fingerprint density at radius 1 is 1.00 bits per heavy atom. The standard InChI is InChI=1S/C31H30Cl2N4O2S/c1-6-35(7-2)30(39)27-19(4)34-31-37(28(27)21-8-10-23(32)11-9-21)29(38)26(40-31)17-22-16-18(3)36(20(22)5)25-14-12-24(33)13-15-25/h8-17,28H,6-7H2,1-5H3/b26-17+/t28-/m1/s1. The summed E-state index contributed by atoms with van der Waals surface area (Å²) in [5.74, 6) is -0.119. The molecule has 0 unspecified atom stereocenters. The summed E-state index contributed by atoms with van der Waals surface area (Å²) in [6, 6.07) is 16.5. The molecule has 2 aromatic carbocycles. The number of aromatic nitrogens is 2. The van der Waals surface area contributed by atoms with Gasteiger partial charge in [0.05, 0.1) is 21.8 Å². The zero-order valence-corrected chi connectivity index (χ0v) is 25.4. The Bertz CT molecular complexity index is 1810. The summed E-state index contributed by atoms with van der Waals surface area (Å²) >= 11 is 13.6. The van der Waals surface area contributed by atoms with Gasteiger partial charge in [0.25, 0.3) is 11.5 Å². The normalized spacial score (nSPS) is 15.3. The number of hydrogen-bond donors (Lipinski definition) is 0. The Balaban J connectivity index is 1.69. The summed E-state index contributed by atoms with van der Waals surface area (Å²) in [7, 11) is 0. The quantitative estimate of drug-likeness (QED) is 0.283. The number of halogens is 2. The highest BCUT2D eigenvalue weighted by atomic mass is 35.5. The average Bonchev–Trinajstić information content (AvgIpc) is 3.39. The number of aryl methyl sites for hydroxylation is 1. The molecule has 40 heavy (non-hydrogen) atoms. The van der Waals surface area contributed by atoms with Crippen LogP contribution in [0.1, 0.15) is 49.3 Å². The maximum absolute atomic E-state index is 14.0. The van der Waals surface area contributed by atoms with Crippen molar-refractivity contribution in [3.05, 3.63) is 118 Å². The molecular weight excluding hydrogens is 563 g/mol. The molecule has 0 radical (unpaired) electrons. The van der Waals surface area contributed by atoms with E-state index in [1.807, 2.05) is 77.1 Å². The SMILES string of the molecule is CCN(CC)C(=O)C1=C(C)N=c2s/c(=C/c3cc(C)n(-c4ccc(Cl)cc4)c3C)c(=O)n2[C@@H]1c1ccc(Cl)cc1. The largest absolute Gasteiger partial charge is 0.339 e. The summed E-state index contributed by atoms with van der Waals surface area (Å²) in [4.78, 5) is 34.9. The fourth-order valence-corrected chi connectivity index (χ4v) is 6.59. The number of thiazole rings is 1. The molecule has 4 aromatic rings. The van der Waals surface area contributed by atoms with Gasteiger partial charge < -0.3 is 9.47 Å². The van der Waals surface area contributed by atoms with E-state index in [2.05, 4.69) is 10.6 Å². The van der Waals surface area contributed by atoms with E-state index in [9.17, 15) is 9.59 Å². The first-order valence-electron chi connectivity index (χ1n) is 13.2. The lowest BCUT2D eigenvalue weighted by Crippen LogP contribution is -2.43. The van der Waals surface area contributed by atoms with Crippen LogP contribution in [0.4, 0.5) is 0 Å². The summed E-state index contributed by atoms with van der Waals surface area (Å²) in [5, 5.41) is 1.27. The first-order valence-corrected chi connectivity index (χ1v) is 14.7. The smallest absolute Gasteiger partial charge is 0.271 e. The minimum Gasteiger partial charge on any atom is -0.339 e. The van der Waals surface area contributed by atoms with Gasteiger partial charge in [-0.1, -0.05) is 46.7 Å². The monoisotopic (exact) mass is 592 g/mol. The molecule has 0 spiro atoms. The molecule has 0 saturated carbocycles. The maximum Gasteiger partial charge on any atom is 0.271 e. The van der Waals surface area contributed by atoms with Crippen molar-refractivity contribution >= 4 is 46.5 Å². The number of fused-ring (bicyclic) bond motifs is 1. The highest BCUT2D eigenvalue weighted by Gasteiger charge is 2.34. The zero-order valence-electron chi connectivity index (χ0n) is 23.0. The minimum atomic E-state index is -0.606. The number of allylic oxidation sites excluding steroid dienone is 1. The molecule has 0 N–H and O–H groups in total. The van der Waals surface area contributed by atoms with Gasteiger partial charge in [0.1, 0.15) is 0 Å². The molecule has 1 aliphatic heterocycles. The Labute approximate surface area is 247 Å². The third kappa shape index (κ3) is 4.98. The van der Waals surface area contributed by atoms with E-state index >= 15 is 0 Å². The van der Waals surface area contributed by atoms with E-state index in [0.29, 0.717) is 43.7 Å². The molecule has 0 aliphatic carbocycles. The number of likely N-dealkylation sites (N-methyl/N-ethyl adjacent to an activating group) is 1. The summed E-state index contributed by atoms with van der Waals surface area (Å²) in [6.07, 6.45) is 1.92. The van der Waals surface area contributed by atoms with Gasteiger partial charge in [-0.05, 0) is 94.3 Å². The predicted molar refractivity (Wildman–Crippen MR) is 163 cm³/mol. The lowest BCUT2D eigenvalue weighted by Gasteiger charge is -2.29. The number of carbonyl (C=O) groups is 1. The molecule has 0 bridgehead atoms. The second-order valence-corrected chi connectivity index (χ2v) is 11.6. The van der Waals surface area contributed by atoms with Gasteiger partial charge >= 0.3 is 0 Å². The van der Waals surface area contributed by atoms with Crippen molar-refractivity contribution in [1.29, 1.82) is 0 Å². The molecule has 2 aromatic heterocycles. The Kier molecular flexibility index (Phi) is 7.91. The molecular formula is C31H30Cl2N4O2S. The van der Waals surface area contributed by atoms with E-state index in [0.717, 1.165) is 28.2 Å². The summed E-state index contributed by atoms with van der Waals surface area (Å²) < 4.78 is 4.35. The minimum absolute atomic E-state index is 0.119. The van der Waals surface area contributed by atoms with Crippen LogP contribution in [0.25, 0.3) is 11.8 Å². The average molecular weight is 594 g/mol. The van der Waals surface area contributed by atoms with Crippen LogP contribution in [-0.4, -0.2) is 33.0 Å². The van der Waals surface area contributed by atoms with Gasteiger partial charge in [0, 0.05) is 40.2 Å². The van der Waals surface area contributed by atoms with Gasteiger partial charge in [-0.15, -0.1) is 0 Å². The second-order valence-electron chi connectivity index (χ2n) is 9.75. The Hall–Kier alpha value is -3.39. The van der Waals surface area contributed by atoms with Crippen molar-refractivity contribution in [3.63, 3.8) is 0 Å². The molecule has 1 amide bonds. The predicted octanol–water partition coefficient (Wildman–Crippen LogP) is 5.82. The zero-order chi connectivity index (χ0) is 28.7. The van der Waals surface area contributed by atoms with Crippen LogP contribution in [0.5, 0.6) is 0 Å². The van der Waals surface area contributed by atoms with Gasteiger partial charge in [-0.2, -0.15) is 0 Å². The molecule has 5 rings (SSSR count). The van der Waals surface area contributed by atoms with Crippen molar-refractivity contribution in [1.82, 2.24) is 14.0 Å². The van der Waals surface area contributed by atoms with Crippen molar-refractivity contribution in [2.75, 3.05) is 13.1 Å². The highest BCUT2D eigenvalue weighted by molar-refractivity contribution is 7.07. The highest BCUT2D eigenvalue weighted by Crippen LogP contribution is 2.32. The van der Waals surface area contributed by atoms with Crippen molar-refractivity contribution in [3.8, 4) is 5.69 Å². The Morgan fingerprint density at radius 3 is 2.20 bits per heavy atom. The number of amides is 1. The molecule has 6 nitrogen and oxygen atoms in total. The van der Waals surface area contributed by atoms with Crippen LogP contribution in [0, 0.1) is 13.8 Å². The first kappa shape index (κ1) is 28.1. The fourth-order valence-electron chi connectivity index (χ4n) is 5.30. The first-order chi connectivity index (χ1) is 19.1. The van der Waals surface area contributed by atoms with Gasteiger partial charge in [0.2, 0.25) is 0 Å². The van der Waals surface area contributed by atoms with Gasteiger partial charge in [-0.25, -0.2) is 4.99 Å². The molecule has 0 fully saturated rings. The van der Waals surface area contributed by atoms with E-state index < -0.39 is 6.04 Å². The molecule has 1 aliphatic rings. The van der Waals surface area contributed by atoms with E-state index in [-0.39, 0.29) is 11.5 Å². The molecule has 0 saturated heterocycles. The third-order valence-corrected chi connectivity index (χ3v) is 8.82. The van der Waals surface area contributed by atoms with Crippen LogP contribution in [-0.2, 0) is 4.79 Å². The van der Waals surface area contributed by atoms with E-state index in [1.54, 1.807) is 21.6 Å². The number of hydrogen-bond acceptors (Lipinski definition) is 4. The lowest BCUT2D eigenvalue weighted by molar-refractivity contribution is -0.127.